The van der Waals surface area contributed by atoms with Crippen molar-refractivity contribution in [2.45, 2.75) is 139 Å². The number of thiazole rings is 2. The Morgan fingerprint density at radius 2 is 0.854 bits per heavy atom. The smallest absolute Gasteiger partial charge is 0.251 e. The predicted molar refractivity (Wildman–Crippen MR) is 322 cm³/mol. The largest absolute Gasteiger partial charge is 0.347 e. The van der Waals surface area contributed by atoms with Crippen molar-refractivity contribution in [1.82, 2.24) is 51.7 Å². The average Bonchev–Trinajstić information content (AvgIpc) is 4.06. The first-order valence-electron chi connectivity index (χ1n) is 29.3. The predicted octanol–water partition coefficient (Wildman–Crippen LogP) is 9.09. The molecule has 8 unspecified atom stereocenters. The number of carbonyl (C=O) groups excluding carboxylic acids is 6. The van der Waals surface area contributed by atoms with Crippen LogP contribution in [0.15, 0.2) is 120 Å². The van der Waals surface area contributed by atoms with Crippen LogP contribution in [0.2, 0.25) is 0 Å². The molecule has 82 heavy (non-hydrogen) atoms. The summed E-state index contributed by atoms with van der Waals surface area (Å²) >= 11 is 3.00. The summed E-state index contributed by atoms with van der Waals surface area (Å²) in [4.78, 5) is 98.5. The standard InChI is InChI=1S/C64H76N10O6S2/c1-39(65-3)57(75)71-55(45-21-13-7-14-22-45)63(79)73-35-49(33-53(73)61-69-51(37-81-61)43-17-9-5-10-18-43)67-59(77)47-29-25-41(26-30-47)42-27-31-48(32-28-42)60(78)68-50-34-54(62-70-52(38-82-62)44-19-11-6-12-20-44)74(36-50)64(80)56(46-23-15-8-16-24-46)72-58(76)40(2)66-4/h5-6,9-12,17-20,25-32,37-40,45-46,49-50,53-56,65-66H,7-8,13-16,21-24,33-36H2,1-4H3,(H,67,77)(H,68,78)(H,71,75)(H,72,76). The van der Waals surface area contributed by atoms with Crippen LogP contribution < -0.4 is 31.9 Å². The Kier molecular flexibility index (Phi) is 19.0. The number of aromatic nitrogens is 2. The number of hydrogen-bond donors (Lipinski definition) is 6. The van der Waals surface area contributed by atoms with Crippen LogP contribution in [-0.4, -0.2) is 119 Å². The first kappa shape index (κ1) is 58.1. The molecule has 430 valence electrons. The van der Waals surface area contributed by atoms with Crippen LogP contribution in [0, 0.1) is 11.8 Å². The van der Waals surface area contributed by atoms with Gasteiger partial charge in [-0.25, -0.2) is 9.97 Å². The summed E-state index contributed by atoms with van der Waals surface area (Å²) in [5, 5.41) is 24.3. The Labute approximate surface area is 489 Å². The van der Waals surface area contributed by atoms with Crippen molar-refractivity contribution in [2.24, 2.45) is 11.8 Å². The minimum atomic E-state index is -0.698. The number of nitrogens with one attached hydrogen (secondary N) is 6. The van der Waals surface area contributed by atoms with E-state index in [0.717, 1.165) is 108 Å². The molecule has 6 amide bonds. The number of rotatable bonds is 19. The second kappa shape index (κ2) is 26.9. The summed E-state index contributed by atoms with van der Waals surface area (Å²) in [5.74, 6) is -1.25. The number of hydrogen-bond acceptors (Lipinski definition) is 12. The topological polar surface area (TPSA) is 207 Å². The van der Waals surface area contributed by atoms with Gasteiger partial charge in [0.2, 0.25) is 23.6 Å². The maximum absolute atomic E-state index is 14.9. The summed E-state index contributed by atoms with van der Waals surface area (Å²) in [6.07, 6.45) is 10.6. The van der Waals surface area contributed by atoms with Crippen LogP contribution in [0.1, 0.15) is 134 Å². The molecule has 8 atom stereocenters. The highest BCUT2D eigenvalue weighted by Crippen LogP contribution is 2.40. The van der Waals surface area contributed by atoms with Crippen molar-refractivity contribution >= 4 is 58.1 Å². The Morgan fingerprint density at radius 3 is 1.21 bits per heavy atom. The zero-order chi connectivity index (χ0) is 57.3. The summed E-state index contributed by atoms with van der Waals surface area (Å²) in [5.41, 5.74) is 6.26. The lowest BCUT2D eigenvalue weighted by Crippen LogP contribution is -2.56. The monoisotopic (exact) mass is 1140 g/mol. The Hall–Kier alpha value is -7.12. The molecule has 0 bridgehead atoms. The van der Waals surface area contributed by atoms with Gasteiger partial charge < -0.3 is 41.7 Å². The lowest BCUT2D eigenvalue weighted by molar-refractivity contribution is -0.139. The molecule has 0 radical (unpaired) electrons. The second-order valence-corrected chi connectivity index (χ2v) is 24.4. The zero-order valence-electron chi connectivity index (χ0n) is 47.3. The molecule has 6 N–H and O–H groups in total. The third-order valence-corrected chi connectivity index (χ3v) is 19.1. The molecule has 4 heterocycles. The lowest BCUT2D eigenvalue weighted by Gasteiger charge is -2.35. The van der Waals surface area contributed by atoms with Gasteiger partial charge in [-0.3, -0.25) is 28.8 Å². The second-order valence-electron chi connectivity index (χ2n) is 22.6. The first-order chi connectivity index (χ1) is 39.8. The summed E-state index contributed by atoms with van der Waals surface area (Å²) < 4.78 is 0. The van der Waals surface area contributed by atoms with E-state index < -0.39 is 36.3 Å². The highest BCUT2D eigenvalue weighted by atomic mass is 32.1. The van der Waals surface area contributed by atoms with Crippen molar-refractivity contribution < 1.29 is 28.8 Å². The summed E-state index contributed by atoms with van der Waals surface area (Å²) in [6.45, 7) is 4.11. The fourth-order valence-corrected chi connectivity index (χ4v) is 14.1. The Bertz CT molecular complexity index is 2950. The van der Waals surface area contributed by atoms with Crippen molar-refractivity contribution in [1.29, 1.82) is 0 Å². The van der Waals surface area contributed by atoms with Crippen molar-refractivity contribution in [3.05, 3.63) is 141 Å². The highest BCUT2D eigenvalue weighted by Gasteiger charge is 2.45. The van der Waals surface area contributed by atoms with Gasteiger partial charge in [0, 0.05) is 58.2 Å². The van der Waals surface area contributed by atoms with Crippen molar-refractivity contribution in [2.75, 3.05) is 27.2 Å². The van der Waals surface area contributed by atoms with Gasteiger partial charge in [-0.1, -0.05) is 123 Å². The van der Waals surface area contributed by atoms with E-state index in [4.69, 9.17) is 9.97 Å². The molecule has 2 aliphatic heterocycles. The summed E-state index contributed by atoms with van der Waals surface area (Å²) in [7, 11) is 3.46. The average molecular weight is 1150 g/mol. The summed E-state index contributed by atoms with van der Waals surface area (Å²) in [6, 6.07) is 30.6. The van der Waals surface area contributed by atoms with Crippen LogP contribution >= 0.6 is 22.7 Å². The van der Waals surface area contributed by atoms with Crippen LogP contribution in [0.4, 0.5) is 0 Å². The highest BCUT2D eigenvalue weighted by molar-refractivity contribution is 7.10. The van der Waals surface area contributed by atoms with Gasteiger partial charge in [-0.15, -0.1) is 22.7 Å². The van der Waals surface area contributed by atoms with Gasteiger partial charge in [-0.2, -0.15) is 0 Å². The van der Waals surface area contributed by atoms with Crippen molar-refractivity contribution in [3.63, 3.8) is 0 Å². The molecule has 6 aromatic rings. The molecule has 10 rings (SSSR count). The molecule has 16 nitrogen and oxygen atoms in total. The van der Waals surface area contributed by atoms with Gasteiger partial charge in [0.15, 0.2) is 0 Å². The van der Waals surface area contributed by atoms with E-state index in [1.807, 2.05) is 105 Å². The van der Waals surface area contributed by atoms with Crippen LogP contribution in [0.3, 0.4) is 0 Å². The molecule has 4 fully saturated rings. The molecule has 2 saturated heterocycles. The third kappa shape index (κ3) is 13.5. The Morgan fingerprint density at radius 1 is 0.488 bits per heavy atom. The molecule has 2 aliphatic carbocycles. The minimum absolute atomic E-state index is 0.00550. The maximum atomic E-state index is 14.9. The van der Waals surface area contributed by atoms with E-state index >= 15 is 0 Å². The van der Waals surface area contributed by atoms with Gasteiger partial charge in [0.25, 0.3) is 11.8 Å². The van der Waals surface area contributed by atoms with Crippen molar-refractivity contribution in [3.8, 4) is 33.6 Å². The van der Waals surface area contributed by atoms with Gasteiger partial charge in [0.05, 0.1) is 35.6 Å². The SMILES string of the molecule is CNC(C)C(=O)NC(C(=O)N1CC(NC(=O)c2ccc(-c3ccc(C(=O)NC4CC(c5nc(-c6ccccc6)cs5)N(C(=O)C(NC(=O)C(C)NC)C5CCCCC5)C4)cc3)cc2)CC1c1nc(-c2ccccc2)cs1)C1CCCCC1. The number of nitrogens with zero attached hydrogens (tertiary/aromatic N) is 4. The van der Waals surface area contributed by atoms with Gasteiger partial charge >= 0.3 is 0 Å². The fourth-order valence-electron chi connectivity index (χ4n) is 12.2. The van der Waals surface area contributed by atoms with E-state index in [2.05, 4.69) is 31.9 Å². The third-order valence-electron chi connectivity index (χ3n) is 17.2. The van der Waals surface area contributed by atoms with E-state index in [9.17, 15) is 28.8 Å². The van der Waals surface area contributed by atoms with Crippen LogP contribution in [0.25, 0.3) is 33.6 Å². The Balaban J connectivity index is 0.814. The number of benzene rings is 4. The number of carbonyl (C=O) groups is 6. The van der Waals surface area contributed by atoms with Gasteiger partial charge in [0.1, 0.15) is 22.1 Å². The minimum Gasteiger partial charge on any atom is -0.347 e. The zero-order valence-corrected chi connectivity index (χ0v) is 48.9. The fraction of sp³-hybridized carbons (Fsp3) is 0.438. The van der Waals surface area contributed by atoms with Gasteiger partial charge in [-0.05, 0) is 114 Å². The lowest BCUT2D eigenvalue weighted by atomic mass is 9.83. The molecule has 18 heteroatoms. The normalized spacial score (nSPS) is 21.0. The van der Waals surface area contributed by atoms with E-state index in [0.29, 0.717) is 24.0 Å². The molecule has 2 aromatic heterocycles. The van der Waals surface area contributed by atoms with E-state index in [1.54, 1.807) is 52.2 Å². The van der Waals surface area contributed by atoms with Crippen LogP contribution in [-0.2, 0) is 19.2 Å². The molecule has 0 spiro atoms. The number of amides is 6. The molecular formula is C64H76N10O6S2. The molecule has 2 saturated carbocycles. The quantitative estimate of drug-likeness (QED) is 0.0454. The number of likely N-dealkylation sites (N-methyl/N-ethyl adjacent to an activating group) is 2. The molecule has 4 aromatic carbocycles. The van der Waals surface area contributed by atoms with Crippen LogP contribution in [0.5, 0.6) is 0 Å². The number of likely N-dealkylation sites (tertiary alicyclic amines) is 2. The van der Waals surface area contributed by atoms with E-state index in [-0.39, 0.29) is 72.5 Å². The molecular weight excluding hydrogens is 1070 g/mol. The van der Waals surface area contributed by atoms with E-state index in [1.165, 1.54) is 22.7 Å². The first-order valence-corrected chi connectivity index (χ1v) is 31.0. The molecule has 4 aliphatic rings. The maximum Gasteiger partial charge on any atom is 0.251 e.